The molecule has 0 aromatic heterocycles. The predicted molar refractivity (Wildman–Crippen MR) is 145 cm³/mol. The molecule has 4 rings (SSSR count). The average Bonchev–Trinajstić information content (AvgIpc) is 3.33. The molecule has 188 valence electrons. The van der Waals surface area contributed by atoms with E-state index in [2.05, 4.69) is 33.0 Å². The van der Waals surface area contributed by atoms with E-state index in [1.807, 2.05) is 67.2 Å². The molecule has 0 saturated heterocycles. The van der Waals surface area contributed by atoms with Crippen LogP contribution in [0.15, 0.2) is 72.8 Å². The molecule has 0 aliphatic carbocycles. The smallest absolute Gasteiger partial charge is 0.320 e. The van der Waals surface area contributed by atoms with E-state index < -0.39 is 12.1 Å². The maximum Gasteiger partial charge on any atom is 0.320 e. The fourth-order valence-corrected chi connectivity index (χ4v) is 5.04. The highest BCUT2D eigenvalue weighted by Crippen LogP contribution is 2.31. The first-order valence-corrected chi connectivity index (χ1v) is 13.0. The van der Waals surface area contributed by atoms with Crippen LogP contribution in [0.25, 0.3) is 0 Å². The summed E-state index contributed by atoms with van der Waals surface area (Å²) >= 11 is 7.76. The molecule has 0 spiro atoms. The van der Waals surface area contributed by atoms with Crippen molar-refractivity contribution < 1.29 is 38.1 Å². The van der Waals surface area contributed by atoms with Crippen molar-refractivity contribution in [3.8, 4) is 0 Å². The highest BCUT2D eigenvalue weighted by atomic mass is 127. The van der Waals surface area contributed by atoms with Gasteiger partial charge >= 0.3 is 6.03 Å². The normalized spacial score (nSPS) is 15.3. The zero-order chi connectivity index (χ0) is 24.8. The van der Waals surface area contributed by atoms with Gasteiger partial charge in [0.05, 0.1) is 0 Å². The van der Waals surface area contributed by atoms with Gasteiger partial charge in [0.1, 0.15) is 12.3 Å². The van der Waals surface area contributed by atoms with Gasteiger partial charge in [0, 0.05) is 40.9 Å². The average molecular weight is 635 g/mol. The summed E-state index contributed by atoms with van der Waals surface area (Å²) in [5, 5.41) is 9.51. The summed E-state index contributed by atoms with van der Waals surface area (Å²) in [4.78, 5) is 26.0. The summed E-state index contributed by atoms with van der Waals surface area (Å²) in [5.74, 6) is -0.329. The minimum atomic E-state index is -0.878. The molecule has 36 heavy (non-hydrogen) atoms. The van der Waals surface area contributed by atoms with Crippen molar-refractivity contribution >= 4 is 58.6 Å². The first-order valence-electron chi connectivity index (χ1n) is 11.4. The largest absolute Gasteiger partial charge is 1.00 e. The number of urea groups is 1. The van der Waals surface area contributed by atoms with Crippen molar-refractivity contribution in [2.75, 3.05) is 16.9 Å². The molecule has 0 radical (unpaired) electrons. The Kier molecular flexibility index (Phi) is 10.2. The minimum absolute atomic E-state index is 0. The summed E-state index contributed by atoms with van der Waals surface area (Å²) < 4.78 is 2.31. The van der Waals surface area contributed by atoms with Gasteiger partial charge in [-0.2, -0.15) is 4.58 Å². The number of carbonyl (C=O) groups is 2. The zero-order valence-electron chi connectivity index (χ0n) is 20.0. The van der Waals surface area contributed by atoms with E-state index in [1.54, 1.807) is 24.3 Å². The van der Waals surface area contributed by atoms with Crippen LogP contribution in [0.2, 0.25) is 5.02 Å². The van der Waals surface area contributed by atoms with Crippen LogP contribution in [-0.4, -0.2) is 34.4 Å². The van der Waals surface area contributed by atoms with E-state index in [-0.39, 0.29) is 29.9 Å². The lowest BCUT2D eigenvalue weighted by Crippen LogP contribution is -3.00. The molecule has 1 unspecified atom stereocenters. The molecule has 1 heterocycles. The number of anilines is 2. The lowest BCUT2D eigenvalue weighted by atomic mass is 10.1. The van der Waals surface area contributed by atoms with Crippen LogP contribution in [0.4, 0.5) is 21.9 Å². The highest BCUT2D eigenvalue weighted by Gasteiger charge is 2.29. The Balaban J connectivity index is 0.00000361. The first-order chi connectivity index (χ1) is 16.9. The summed E-state index contributed by atoms with van der Waals surface area (Å²) in [5.41, 5.74) is 4.15. The molecule has 0 bridgehead atoms. The number of carbonyl (C=O) groups excluding carboxylic acids is 2. The minimum Gasteiger partial charge on any atom is -1.00 e. The number of benzene rings is 3. The van der Waals surface area contributed by atoms with Gasteiger partial charge in [-0.1, -0.05) is 53.7 Å². The molecule has 1 aliphatic heterocycles. The Morgan fingerprint density at radius 2 is 1.69 bits per heavy atom. The number of nitrogens with zero attached hydrogens (tertiary/aromatic N) is 1. The summed E-state index contributed by atoms with van der Waals surface area (Å²) in [7, 11) is 0. The third-order valence-electron chi connectivity index (χ3n) is 5.84. The van der Waals surface area contributed by atoms with E-state index in [9.17, 15) is 9.59 Å². The number of thioether (sulfide) groups is 1. The van der Waals surface area contributed by atoms with Crippen LogP contribution >= 0.6 is 23.4 Å². The first kappa shape index (κ1) is 28.0. The predicted octanol–water partition coefficient (Wildman–Crippen LogP) is 3.35. The van der Waals surface area contributed by atoms with Crippen molar-refractivity contribution in [2.24, 2.45) is 0 Å². The van der Waals surface area contributed by atoms with E-state index in [0.29, 0.717) is 27.3 Å². The molecule has 3 aromatic rings. The van der Waals surface area contributed by atoms with Crippen molar-refractivity contribution in [3.05, 3.63) is 88.9 Å². The maximum absolute atomic E-state index is 13.3. The second kappa shape index (κ2) is 13.1. The third kappa shape index (κ3) is 7.02. The van der Waals surface area contributed by atoms with Crippen molar-refractivity contribution in [3.63, 3.8) is 0 Å². The van der Waals surface area contributed by atoms with Crippen molar-refractivity contribution in [1.29, 1.82) is 0 Å². The highest BCUT2D eigenvalue weighted by molar-refractivity contribution is 7.99. The molecular formula is C27H28ClIN4O2S. The van der Waals surface area contributed by atoms with Crippen LogP contribution in [0.1, 0.15) is 30.0 Å². The number of halogens is 2. The molecule has 9 heteroatoms. The second-order valence-electron chi connectivity index (χ2n) is 8.30. The van der Waals surface area contributed by atoms with Crippen LogP contribution in [-0.2, 0) is 4.79 Å². The van der Waals surface area contributed by atoms with Gasteiger partial charge in [-0.15, -0.1) is 0 Å². The van der Waals surface area contributed by atoms with Gasteiger partial charge in [-0.3, -0.25) is 4.79 Å². The van der Waals surface area contributed by atoms with Crippen LogP contribution in [0.5, 0.6) is 0 Å². The van der Waals surface area contributed by atoms with Crippen molar-refractivity contribution in [1.82, 2.24) is 5.32 Å². The summed E-state index contributed by atoms with van der Waals surface area (Å²) in [6.45, 7) is 2.04. The Bertz CT molecular complexity index is 1240. The lowest BCUT2D eigenvalue weighted by molar-refractivity contribution is -0.443. The van der Waals surface area contributed by atoms with Gasteiger partial charge in [0.2, 0.25) is 11.1 Å². The van der Waals surface area contributed by atoms with Gasteiger partial charge in [0.15, 0.2) is 0 Å². The van der Waals surface area contributed by atoms with Crippen LogP contribution < -0.4 is 39.9 Å². The van der Waals surface area contributed by atoms with E-state index in [4.69, 9.17) is 11.6 Å². The molecule has 3 N–H and O–H groups in total. The maximum atomic E-state index is 13.3. The fraction of sp³-hybridized carbons (Fsp3) is 0.222. The van der Waals surface area contributed by atoms with Crippen LogP contribution in [0, 0.1) is 6.92 Å². The zero-order valence-corrected chi connectivity index (χ0v) is 23.7. The number of rotatable bonds is 7. The molecule has 3 aromatic carbocycles. The van der Waals surface area contributed by atoms with Gasteiger partial charge in [0.25, 0.3) is 5.91 Å². The Hall–Kier alpha value is -2.56. The molecular weight excluding hydrogens is 607 g/mol. The van der Waals surface area contributed by atoms with E-state index in [1.165, 1.54) is 0 Å². The Morgan fingerprint density at radius 1 is 1.00 bits per heavy atom. The molecule has 3 amide bonds. The standard InChI is InChI=1S/C27H27ClN4O2S.HI/c1-18-17-22(14-15-23(18)32-16-6-9-24(32)35-2)29-26(33)25(19-7-4-3-5-8-19)31-27(34)30-21-12-10-20(28)11-13-21;/h3-5,7-8,10-17,24-25H,6,9H2,1-2H3,(H2-,29,30,31,33,34);1H/t24-,25?;/m1./s1. The Morgan fingerprint density at radius 3 is 2.36 bits per heavy atom. The van der Waals surface area contributed by atoms with E-state index >= 15 is 0 Å². The summed E-state index contributed by atoms with van der Waals surface area (Å²) in [6, 6.07) is 20.5. The number of aryl methyl sites for hydroxylation is 1. The number of hydrogen-bond donors (Lipinski definition) is 3. The number of amides is 3. The van der Waals surface area contributed by atoms with Gasteiger partial charge in [-0.25, -0.2) is 4.79 Å². The van der Waals surface area contributed by atoms with Gasteiger partial charge < -0.3 is 39.9 Å². The SMILES string of the molecule is CS[C@@H]1CCC=[N+]1c1ccc(NC(=O)C(NC(=O)Nc2ccc(Cl)cc2)c2ccccc2)cc1C.[I-]. The number of hydrogen-bond acceptors (Lipinski definition) is 3. The second-order valence-corrected chi connectivity index (χ2v) is 9.75. The number of nitrogens with one attached hydrogen (secondary N) is 3. The van der Waals surface area contributed by atoms with Crippen LogP contribution in [0.3, 0.4) is 0 Å². The van der Waals surface area contributed by atoms with E-state index in [0.717, 1.165) is 24.1 Å². The molecule has 6 nitrogen and oxygen atoms in total. The summed E-state index contributed by atoms with van der Waals surface area (Å²) in [6.07, 6.45) is 6.55. The van der Waals surface area contributed by atoms with Gasteiger partial charge in [-0.05, 0) is 55.1 Å². The molecule has 1 aliphatic rings. The topological polar surface area (TPSA) is 73.2 Å². The molecule has 0 saturated carbocycles. The quantitative estimate of drug-likeness (QED) is 0.276. The lowest BCUT2D eigenvalue weighted by Gasteiger charge is -2.20. The third-order valence-corrected chi connectivity index (χ3v) is 7.10. The molecule has 2 atom stereocenters. The van der Waals surface area contributed by atoms with Crippen molar-refractivity contribution in [2.45, 2.75) is 31.2 Å². The Labute approximate surface area is 237 Å². The molecule has 0 fully saturated rings. The monoisotopic (exact) mass is 634 g/mol. The fourth-order valence-electron chi connectivity index (χ4n) is 4.11.